The molecule has 0 saturated heterocycles. The first-order valence-corrected chi connectivity index (χ1v) is 17.5. The van der Waals surface area contributed by atoms with Crippen LogP contribution in [-0.2, 0) is 34.7 Å². The molecule has 0 aliphatic carbocycles. The van der Waals surface area contributed by atoms with Gasteiger partial charge in [0.2, 0.25) is 0 Å². The molecule has 4 rings (SSSR count). The Kier molecular flexibility index (Phi) is 87.4. The van der Waals surface area contributed by atoms with Gasteiger partial charge in [0.15, 0.2) is 0 Å². The van der Waals surface area contributed by atoms with Crippen LogP contribution in [0.5, 0.6) is 0 Å². The van der Waals surface area contributed by atoms with Gasteiger partial charge in [-0.2, -0.15) is 14.2 Å². The number of rotatable bonds is 12. The van der Waals surface area contributed by atoms with Crippen molar-refractivity contribution in [3.8, 4) is 0 Å². The SMILES string of the molecule is CN(CC[O-])CC[O-].CN(CC[O-])CC[O-].C[O-].C[O-].O=C([O-])c1ccccc1.O=C([O-])c1ccccc1.O=C([O-])c1ccccc1.O=C([O-])c1ccccc1.O=[N+]([O-])[O-].O=[N+]([O-])[O-].[Cr+4].[Cr+4].[Gd+3].[Gd+3]. The maximum absolute atomic E-state index is 10.1. The van der Waals surface area contributed by atoms with E-state index in [1.807, 2.05) is 0 Å². The molecule has 24 nitrogen and oxygen atoms in total. The van der Waals surface area contributed by atoms with E-state index < -0.39 is 34.1 Å². The second kappa shape index (κ2) is 67.8. The van der Waals surface area contributed by atoms with E-state index in [0.717, 1.165) is 14.2 Å². The molecular formula is C40H48Cr2Gd2N4O20+2. The summed E-state index contributed by atoms with van der Waals surface area (Å²) < 4.78 is 0. The van der Waals surface area contributed by atoms with Crippen LogP contribution >= 0.6 is 0 Å². The van der Waals surface area contributed by atoms with Gasteiger partial charge in [0.25, 0.3) is 0 Å². The summed E-state index contributed by atoms with van der Waals surface area (Å²) in [5.41, 5.74) is 0.880. The van der Waals surface area contributed by atoms with E-state index in [1.54, 1.807) is 96.7 Å². The Morgan fingerprint density at radius 2 is 0.500 bits per heavy atom. The number of benzene rings is 4. The summed E-state index contributed by atoms with van der Waals surface area (Å²) in [4.78, 5) is 60.3. The Morgan fingerprint density at radius 1 is 0.382 bits per heavy atom. The first-order valence-electron chi connectivity index (χ1n) is 17.5. The first-order chi connectivity index (χ1) is 30.3. The van der Waals surface area contributed by atoms with Gasteiger partial charge < -0.3 is 111 Å². The number of carboxylic acids is 4. The molecule has 4 aromatic rings. The normalized spacial score (nSPS) is 8.06. The number of hydrogen-bond donors (Lipinski definition) is 0. The van der Waals surface area contributed by atoms with Crippen LogP contribution in [0.2, 0.25) is 0 Å². The summed E-state index contributed by atoms with van der Waals surface area (Å²) in [6.45, 7) is 1.49. The molecule has 28 heteroatoms. The van der Waals surface area contributed by atoms with E-state index >= 15 is 0 Å². The van der Waals surface area contributed by atoms with Crippen LogP contribution in [0.15, 0.2) is 121 Å². The minimum Gasteiger partial charge on any atom is -0.857 e. The summed E-state index contributed by atoms with van der Waals surface area (Å²) in [6, 6.07) is 32.3. The van der Waals surface area contributed by atoms with Crippen LogP contribution in [0.1, 0.15) is 41.4 Å². The van der Waals surface area contributed by atoms with Gasteiger partial charge in [0.05, 0.1) is 34.1 Å². The van der Waals surface area contributed by atoms with E-state index in [4.69, 9.17) is 40.9 Å². The van der Waals surface area contributed by atoms with E-state index in [0.29, 0.717) is 26.2 Å². The third kappa shape index (κ3) is 74.1. The van der Waals surface area contributed by atoms with E-state index in [2.05, 4.69) is 0 Å². The largest absolute Gasteiger partial charge is 4.00 e. The Labute approximate surface area is 479 Å². The molecule has 0 heterocycles. The summed E-state index contributed by atoms with van der Waals surface area (Å²) in [7, 11) is 5.05. The number of aromatic carboxylic acids is 4. The van der Waals surface area contributed by atoms with Crippen molar-refractivity contribution in [2.24, 2.45) is 0 Å². The smallest absolute Gasteiger partial charge is 0.857 e. The zero-order valence-corrected chi connectivity index (χ0v) is 43.8. The van der Waals surface area contributed by atoms with Crippen molar-refractivity contribution in [1.82, 2.24) is 9.80 Å². The first kappa shape index (κ1) is 87.6. The molecule has 0 aliphatic heterocycles. The molecule has 0 aliphatic rings. The Hall–Kier alpha value is -3.45. The van der Waals surface area contributed by atoms with E-state index in [1.165, 1.54) is 48.5 Å². The van der Waals surface area contributed by atoms with E-state index in [-0.39, 0.29) is 163 Å². The molecule has 0 fully saturated rings. The van der Waals surface area contributed by atoms with Crippen molar-refractivity contribution in [3.63, 3.8) is 0 Å². The number of carbonyl (C=O) groups is 4. The number of likely N-dealkylation sites (N-methyl/N-ethyl adjacent to an activating group) is 2. The van der Waals surface area contributed by atoms with Crippen molar-refractivity contribution in [1.29, 1.82) is 0 Å². The van der Waals surface area contributed by atoms with Crippen molar-refractivity contribution in [3.05, 3.63) is 174 Å². The molecule has 0 aromatic heterocycles. The summed E-state index contributed by atoms with van der Waals surface area (Å²) >= 11 is 0. The minimum atomic E-state index is -1.75. The fourth-order valence-corrected chi connectivity index (χ4v) is 3.14. The van der Waals surface area contributed by atoms with Crippen LogP contribution in [0.4, 0.5) is 0 Å². The fourth-order valence-electron chi connectivity index (χ4n) is 3.14. The Morgan fingerprint density at radius 3 is 0.574 bits per heavy atom. The van der Waals surface area contributed by atoms with Crippen molar-refractivity contribution in [2.45, 2.75) is 0 Å². The van der Waals surface area contributed by atoms with Gasteiger partial charge in [0, 0.05) is 0 Å². The summed E-state index contributed by atoms with van der Waals surface area (Å²) in [5.74, 6) is -4.52. The molecule has 0 atom stereocenters. The van der Waals surface area contributed by atoms with Gasteiger partial charge in [-0.25, -0.2) is 0 Å². The van der Waals surface area contributed by atoms with Crippen LogP contribution < -0.4 is 51.1 Å². The van der Waals surface area contributed by atoms with Gasteiger partial charge in [-0.1, -0.05) is 121 Å². The minimum absolute atomic E-state index is 0. The van der Waals surface area contributed by atoms with Crippen LogP contribution in [0, 0.1) is 111 Å². The van der Waals surface area contributed by atoms with Gasteiger partial charge >= 0.3 is 115 Å². The molecule has 4 aromatic carbocycles. The molecule has 0 unspecified atom stereocenters. The second-order valence-corrected chi connectivity index (χ2v) is 10.5. The van der Waals surface area contributed by atoms with Gasteiger partial charge in [-0.15, -0.1) is 26.4 Å². The van der Waals surface area contributed by atoms with E-state index in [9.17, 15) is 60.0 Å². The van der Waals surface area contributed by atoms with Crippen LogP contribution in [-0.4, -0.2) is 125 Å². The maximum Gasteiger partial charge on any atom is 4.00 e. The standard InChI is InChI=1S/4C7H6O2.2C5H11NO2.2CH3O.2Cr.2Gd.2NO3/c4*8-7(9)6-4-2-1-3-5-6;2*1-6(2-4-7)3-5-8;2*1-2;;;;;2*2-1(3)4/h4*1-5H,(H,8,9);2*2-5H2,1H3;2*1H3;;;;;;/q;;;;2*-2;2*-1;2*+4;2*+3;2*-1/p-4. The third-order valence-corrected chi connectivity index (χ3v) is 5.93. The second-order valence-electron chi connectivity index (χ2n) is 10.5. The molecule has 0 amide bonds. The van der Waals surface area contributed by atoms with Crippen molar-refractivity contribution < 1.29 is 195 Å². The molecule has 0 bridgehead atoms. The summed E-state index contributed by atoms with van der Waals surface area (Å²) in [6.07, 6.45) is 0. The van der Waals surface area contributed by atoms with Gasteiger partial charge in [-0.05, 0) is 62.5 Å². The van der Waals surface area contributed by atoms with Gasteiger partial charge in [-0.3, -0.25) is 0 Å². The summed E-state index contributed by atoms with van der Waals surface area (Å²) in [5, 5.41) is 126. The monoisotopic (exact) mass is 1320 g/mol. The van der Waals surface area contributed by atoms with Crippen LogP contribution in [0.25, 0.3) is 0 Å². The molecule has 0 N–H and O–H groups in total. The number of nitrogens with zero attached hydrogens (tertiary/aromatic N) is 4. The topological polar surface area (TPSA) is 438 Å². The molecule has 0 spiro atoms. The zero-order chi connectivity index (χ0) is 50.7. The van der Waals surface area contributed by atoms with Crippen LogP contribution in [0.3, 0.4) is 0 Å². The average Bonchev–Trinajstić information content (AvgIpc) is 3.27. The zero-order valence-electron chi connectivity index (χ0n) is 36.7. The Balaban J connectivity index is -0.0000000701. The van der Waals surface area contributed by atoms with Gasteiger partial charge in [0.1, 0.15) is 0 Å². The molecular weight excluding hydrogens is 1270 g/mol. The molecule has 0 saturated carbocycles. The molecule has 374 valence electrons. The van der Waals surface area contributed by atoms with Crippen molar-refractivity contribution in [2.75, 3.05) is 80.9 Å². The predicted molar refractivity (Wildman–Crippen MR) is 210 cm³/mol. The average molecular weight is 1320 g/mol. The van der Waals surface area contributed by atoms with Crippen molar-refractivity contribution >= 4 is 23.9 Å². The maximum atomic E-state index is 10.1. The molecule has 68 heavy (non-hydrogen) atoms. The fraction of sp³-hybridized carbons (Fsp3) is 0.300. The number of hydrogen-bond acceptors (Lipinski definition) is 22. The third-order valence-electron chi connectivity index (χ3n) is 5.93. The quantitative estimate of drug-likeness (QED) is 0.0939. The predicted octanol–water partition coefficient (Wildman–Crippen LogP) is -7.05. The Bertz CT molecular complexity index is 1460. The number of carboxylic acid groups (broad SMARTS) is 4. The number of carbonyl (C=O) groups excluding carboxylic acids is 4. The molecule has 2 radical (unpaired) electrons.